The molecule has 1 aromatic heterocycles. The minimum atomic E-state index is -0.171. The molecule has 1 fully saturated rings. The molecule has 1 saturated heterocycles. The van der Waals surface area contributed by atoms with E-state index >= 15 is 0 Å². The molecule has 0 saturated carbocycles. The van der Waals surface area contributed by atoms with Gasteiger partial charge in [0.1, 0.15) is 5.01 Å². The van der Waals surface area contributed by atoms with Crippen molar-refractivity contribution in [2.75, 3.05) is 38.0 Å². The number of aryl methyl sites for hydroxylation is 1. The van der Waals surface area contributed by atoms with Gasteiger partial charge in [0.25, 0.3) is 0 Å². The highest BCUT2D eigenvalue weighted by Crippen LogP contribution is 2.16. The normalized spacial score (nSPS) is 15.7. The molecule has 8 heteroatoms. The van der Waals surface area contributed by atoms with Crippen molar-refractivity contribution in [3.05, 3.63) is 5.01 Å². The molecule has 0 radical (unpaired) electrons. The Labute approximate surface area is 141 Å². The van der Waals surface area contributed by atoms with Gasteiger partial charge in [-0.2, -0.15) is 0 Å². The third-order valence-electron chi connectivity index (χ3n) is 4.07. The average molecular weight is 340 g/mol. The Balaban J connectivity index is 1.70. The lowest BCUT2D eigenvalue weighted by atomic mass is 10.2. The Bertz CT molecular complexity index is 526. The van der Waals surface area contributed by atoms with Gasteiger partial charge in [-0.3, -0.25) is 9.59 Å². The van der Waals surface area contributed by atoms with Crippen LogP contribution in [0.1, 0.15) is 38.1 Å². The maximum Gasteiger partial charge on any atom is 0.226 e. The van der Waals surface area contributed by atoms with Gasteiger partial charge in [0, 0.05) is 19.3 Å². The first kappa shape index (κ1) is 17.8. The smallest absolute Gasteiger partial charge is 0.226 e. The molecule has 128 valence electrons. The third-order valence-corrected chi connectivity index (χ3v) is 4.96. The molecule has 2 rings (SSSR count). The Morgan fingerprint density at radius 1 is 1.22 bits per heavy atom. The molecule has 0 aliphatic carbocycles. The number of quaternary nitrogens is 1. The zero-order chi connectivity index (χ0) is 16.7. The summed E-state index contributed by atoms with van der Waals surface area (Å²) in [6.45, 7) is 8.93. The van der Waals surface area contributed by atoms with Gasteiger partial charge in [0.2, 0.25) is 16.9 Å². The van der Waals surface area contributed by atoms with Gasteiger partial charge >= 0.3 is 0 Å². The lowest BCUT2D eigenvalue weighted by Gasteiger charge is -2.31. The summed E-state index contributed by atoms with van der Waals surface area (Å²) in [5, 5.41) is 12.1. The van der Waals surface area contributed by atoms with E-state index < -0.39 is 0 Å². The monoisotopic (exact) mass is 340 g/mol. The molecule has 7 nitrogen and oxygen atoms in total. The van der Waals surface area contributed by atoms with Crippen LogP contribution in [0.15, 0.2) is 0 Å². The van der Waals surface area contributed by atoms with Crippen LogP contribution in [0.4, 0.5) is 5.13 Å². The van der Waals surface area contributed by atoms with Crippen molar-refractivity contribution in [2.45, 2.75) is 39.5 Å². The first-order valence-corrected chi connectivity index (χ1v) is 9.17. The van der Waals surface area contributed by atoms with Crippen molar-refractivity contribution < 1.29 is 14.5 Å². The first-order valence-electron chi connectivity index (χ1n) is 8.36. The predicted molar refractivity (Wildman–Crippen MR) is 89.6 cm³/mol. The number of nitrogens with one attached hydrogen (secondary N) is 2. The van der Waals surface area contributed by atoms with Crippen molar-refractivity contribution in [2.24, 2.45) is 0 Å². The number of nitrogens with zero attached hydrogens (tertiary/aromatic N) is 3. The van der Waals surface area contributed by atoms with Crippen LogP contribution in [-0.2, 0) is 16.0 Å². The van der Waals surface area contributed by atoms with Gasteiger partial charge in [-0.15, -0.1) is 10.2 Å². The lowest BCUT2D eigenvalue weighted by molar-refractivity contribution is -0.902. The second-order valence-corrected chi connectivity index (χ2v) is 6.85. The molecule has 1 aliphatic heterocycles. The van der Waals surface area contributed by atoms with Gasteiger partial charge in [0.15, 0.2) is 0 Å². The molecule has 2 heterocycles. The molecule has 0 aromatic carbocycles. The van der Waals surface area contributed by atoms with Crippen LogP contribution < -0.4 is 10.2 Å². The second kappa shape index (κ2) is 8.93. The van der Waals surface area contributed by atoms with E-state index in [0.29, 0.717) is 5.13 Å². The molecular formula is C15H26N5O2S+. The Morgan fingerprint density at radius 3 is 2.61 bits per heavy atom. The van der Waals surface area contributed by atoms with E-state index in [1.54, 1.807) is 0 Å². The summed E-state index contributed by atoms with van der Waals surface area (Å²) in [7, 11) is 0. The zero-order valence-electron chi connectivity index (χ0n) is 13.9. The number of amides is 2. The largest absolute Gasteiger partial charge is 0.332 e. The molecular weight excluding hydrogens is 314 g/mol. The molecule has 2 amide bonds. The molecule has 0 unspecified atom stereocenters. The number of piperazine rings is 1. The van der Waals surface area contributed by atoms with Crippen LogP contribution in [-0.4, -0.2) is 59.6 Å². The minimum absolute atomic E-state index is 0.0687. The number of hydrogen-bond donors (Lipinski definition) is 2. The first-order chi connectivity index (χ1) is 11.1. The van der Waals surface area contributed by atoms with Crippen LogP contribution in [0, 0.1) is 0 Å². The third kappa shape index (κ3) is 5.54. The topological polar surface area (TPSA) is 79.6 Å². The molecule has 1 aromatic rings. The SMILES string of the molecule is CCCc1nnc(NC(=O)CCC(=O)N2CC[NH+](CC)CC2)s1. The maximum absolute atomic E-state index is 12.2. The van der Waals surface area contributed by atoms with Crippen molar-refractivity contribution in [3.63, 3.8) is 0 Å². The summed E-state index contributed by atoms with van der Waals surface area (Å²) in [6, 6.07) is 0. The maximum atomic E-state index is 12.2. The van der Waals surface area contributed by atoms with Crippen LogP contribution in [0.25, 0.3) is 0 Å². The molecule has 1 aliphatic rings. The van der Waals surface area contributed by atoms with Crippen molar-refractivity contribution in [3.8, 4) is 0 Å². The van der Waals surface area contributed by atoms with Crippen molar-refractivity contribution >= 4 is 28.3 Å². The average Bonchev–Trinajstić information content (AvgIpc) is 3.00. The van der Waals surface area contributed by atoms with E-state index in [1.807, 2.05) is 4.90 Å². The van der Waals surface area contributed by atoms with E-state index in [4.69, 9.17) is 0 Å². The summed E-state index contributed by atoms with van der Waals surface area (Å²) in [5.74, 6) is -0.102. The highest BCUT2D eigenvalue weighted by Gasteiger charge is 2.22. The van der Waals surface area contributed by atoms with Crippen LogP contribution in [0.2, 0.25) is 0 Å². The Morgan fingerprint density at radius 2 is 1.96 bits per heavy atom. The van der Waals surface area contributed by atoms with E-state index in [1.165, 1.54) is 16.2 Å². The number of aromatic nitrogens is 2. The second-order valence-electron chi connectivity index (χ2n) is 5.78. The van der Waals surface area contributed by atoms with Crippen LogP contribution >= 0.6 is 11.3 Å². The quantitative estimate of drug-likeness (QED) is 0.730. The number of carbonyl (C=O) groups is 2. The molecule has 23 heavy (non-hydrogen) atoms. The predicted octanol–water partition coefficient (Wildman–Crippen LogP) is -0.0437. The highest BCUT2D eigenvalue weighted by atomic mass is 32.1. The standard InChI is InChI=1S/C15H25N5O2S/c1-3-5-13-17-18-15(23-13)16-12(21)6-7-14(22)20-10-8-19(4-2)9-11-20/h3-11H2,1-2H3,(H,16,18,21)/p+1. The van der Waals surface area contributed by atoms with E-state index in [2.05, 4.69) is 29.4 Å². The fraction of sp³-hybridized carbons (Fsp3) is 0.733. The number of anilines is 1. The van der Waals surface area contributed by atoms with E-state index in [9.17, 15) is 9.59 Å². The summed E-state index contributed by atoms with van der Waals surface area (Å²) < 4.78 is 0. The van der Waals surface area contributed by atoms with E-state index in [0.717, 1.165) is 50.6 Å². The summed E-state index contributed by atoms with van der Waals surface area (Å²) in [4.78, 5) is 27.5. The Hall–Kier alpha value is -1.54. The van der Waals surface area contributed by atoms with Crippen LogP contribution in [0.5, 0.6) is 0 Å². The fourth-order valence-electron chi connectivity index (χ4n) is 2.61. The molecule has 0 bridgehead atoms. The highest BCUT2D eigenvalue weighted by molar-refractivity contribution is 7.15. The summed E-state index contributed by atoms with van der Waals surface area (Å²) in [5.41, 5.74) is 0. The molecule has 0 spiro atoms. The van der Waals surface area contributed by atoms with Gasteiger partial charge in [-0.05, 0) is 13.3 Å². The van der Waals surface area contributed by atoms with Crippen molar-refractivity contribution in [1.82, 2.24) is 15.1 Å². The van der Waals surface area contributed by atoms with E-state index in [-0.39, 0.29) is 24.7 Å². The minimum Gasteiger partial charge on any atom is -0.332 e. The van der Waals surface area contributed by atoms with Gasteiger partial charge in [-0.25, -0.2) is 0 Å². The van der Waals surface area contributed by atoms with Gasteiger partial charge in [-0.1, -0.05) is 18.3 Å². The van der Waals surface area contributed by atoms with Gasteiger partial charge < -0.3 is 15.1 Å². The number of rotatable bonds is 7. The van der Waals surface area contributed by atoms with Gasteiger partial charge in [0.05, 0.1) is 32.7 Å². The zero-order valence-corrected chi connectivity index (χ0v) is 14.7. The fourth-order valence-corrected chi connectivity index (χ4v) is 3.46. The Kier molecular flexibility index (Phi) is 6.91. The summed E-state index contributed by atoms with van der Waals surface area (Å²) in [6.07, 6.45) is 2.33. The lowest BCUT2D eigenvalue weighted by Crippen LogP contribution is -3.14. The molecule has 2 N–H and O–H groups in total. The summed E-state index contributed by atoms with van der Waals surface area (Å²) >= 11 is 1.40. The number of likely N-dealkylation sites (N-methyl/N-ethyl adjacent to an activating group) is 1. The van der Waals surface area contributed by atoms with Crippen molar-refractivity contribution in [1.29, 1.82) is 0 Å². The number of hydrogen-bond acceptors (Lipinski definition) is 5. The number of carbonyl (C=O) groups excluding carboxylic acids is 2. The molecule has 0 atom stereocenters. The van der Waals surface area contributed by atoms with Crippen LogP contribution in [0.3, 0.4) is 0 Å².